The third-order valence-corrected chi connectivity index (χ3v) is 4.03. The van der Waals surface area contributed by atoms with Crippen LogP contribution in [-0.2, 0) is 9.53 Å². The molecule has 94 valence electrons. The first-order valence-electron chi connectivity index (χ1n) is 6.49. The number of rotatable bonds is 4. The average Bonchev–Trinajstić information content (AvgIpc) is 2.28. The van der Waals surface area contributed by atoms with Crippen molar-refractivity contribution in [1.82, 2.24) is 0 Å². The average molecular weight is 227 g/mol. The van der Waals surface area contributed by atoms with Crippen LogP contribution in [0.25, 0.3) is 0 Å². The molecular formula is C13H25NO2. The molecule has 0 bridgehead atoms. The lowest BCUT2D eigenvalue weighted by Crippen LogP contribution is -2.50. The standard InChI is InChI=1S/C13H25NO2/c1-4-10(3)13(14)8-6-7-11(9-13)12(15)16-5-2/h10-11H,4-9,14H2,1-3H3. The minimum Gasteiger partial charge on any atom is -0.466 e. The van der Waals surface area contributed by atoms with E-state index in [4.69, 9.17) is 10.5 Å². The van der Waals surface area contributed by atoms with Crippen LogP contribution in [0.2, 0.25) is 0 Å². The summed E-state index contributed by atoms with van der Waals surface area (Å²) < 4.78 is 5.09. The van der Waals surface area contributed by atoms with Crippen LogP contribution in [0, 0.1) is 11.8 Å². The highest BCUT2D eigenvalue weighted by Crippen LogP contribution is 2.37. The van der Waals surface area contributed by atoms with Crippen LogP contribution in [0.15, 0.2) is 0 Å². The molecule has 0 amide bonds. The van der Waals surface area contributed by atoms with E-state index in [9.17, 15) is 4.79 Å². The lowest BCUT2D eigenvalue weighted by molar-refractivity contribution is -0.150. The number of ether oxygens (including phenoxy) is 1. The molecule has 1 aliphatic rings. The molecule has 0 heterocycles. The Morgan fingerprint density at radius 2 is 2.25 bits per heavy atom. The van der Waals surface area contributed by atoms with E-state index in [0.717, 1.165) is 32.1 Å². The quantitative estimate of drug-likeness (QED) is 0.751. The van der Waals surface area contributed by atoms with Crippen molar-refractivity contribution in [3.63, 3.8) is 0 Å². The summed E-state index contributed by atoms with van der Waals surface area (Å²) in [4.78, 5) is 11.7. The maximum absolute atomic E-state index is 11.7. The first-order valence-corrected chi connectivity index (χ1v) is 6.49. The lowest BCUT2D eigenvalue weighted by atomic mass is 9.69. The molecule has 3 atom stereocenters. The second kappa shape index (κ2) is 5.67. The molecule has 0 aliphatic heterocycles. The molecule has 16 heavy (non-hydrogen) atoms. The first kappa shape index (κ1) is 13.5. The van der Waals surface area contributed by atoms with Crippen molar-refractivity contribution in [3.05, 3.63) is 0 Å². The Hall–Kier alpha value is -0.570. The Labute approximate surface area is 98.7 Å². The van der Waals surface area contributed by atoms with Crippen LogP contribution in [-0.4, -0.2) is 18.1 Å². The van der Waals surface area contributed by atoms with Gasteiger partial charge in [0, 0.05) is 5.54 Å². The van der Waals surface area contributed by atoms with E-state index in [1.807, 2.05) is 6.92 Å². The van der Waals surface area contributed by atoms with Crippen LogP contribution in [0.4, 0.5) is 0 Å². The largest absolute Gasteiger partial charge is 0.466 e. The van der Waals surface area contributed by atoms with Gasteiger partial charge in [-0.25, -0.2) is 0 Å². The molecule has 3 nitrogen and oxygen atoms in total. The third-order valence-electron chi connectivity index (χ3n) is 4.03. The monoisotopic (exact) mass is 227 g/mol. The van der Waals surface area contributed by atoms with Gasteiger partial charge in [0.1, 0.15) is 0 Å². The van der Waals surface area contributed by atoms with Gasteiger partial charge in [-0.05, 0) is 32.1 Å². The van der Waals surface area contributed by atoms with Gasteiger partial charge >= 0.3 is 5.97 Å². The number of carbonyl (C=O) groups excluding carboxylic acids is 1. The molecule has 0 aromatic heterocycles. The number of hydrogen-bond donors (Lipinski definition) is 1. The Morgan fingerprint density at radius 3 is 2.81 bits per heavy atom. The Bertz CT molecular complexity index is 242. The van der Waals surface area contributed by atoms with Crippen molar-refractivity contribution < 1.29 is 9.53 Å². The molecule has 3 heteroatoms. The molecule has 0 aromatic carbocycles. The molecule has 0 spiro atoms. The summed E-state index contributed by atoms with van der Waals surface area (Å²) in [6.45, 7) is 6.67. The van der Waals surface area contributed by atoms with E-state index in [0.29, 0.717) is 12.5 Å². The summed E-state index contributed by atoms with van der Waals surface area (Å²) in [6, 6.07) is 0. The molecule has 0 aromatic rings. The minimum atomic E-state index is -0.162. The predicted octanol–water partition coefficient (Wildman–Crippen LogP) is 2.48. The van der Waals surface area contributed by atoms with E-state index in [-0.39, 0.29) is 17.4 Å². The van der Waals surface area contributed by atoms with Crippen molar-refractivity contribution in [3.8, 4) is 0 Å². The van der Waals surface area contributed by atoms with Crippen LogP contribution >= 0.6 is 0 Å². The van der Waals surface area contributed by atoms with Crippen LogP contribution in [0.1, 0.15) is 52.9 Å². The molecule has 0 radical (unpaired) electrons. The van der Waals surface area contributed by atoms with Gasteiger partial charge in [-0.15, -0.1) is 0 Å². The van der Waals surface area contributed by atoms with Gasteiger partial charge in [0.2, 0.25) is 0 Å². The molecule has 0 saturated heterocycles. The van der Waals surface area contributed by atoms with Gasteiger partial charge in [0.05, 0.1) is 12.5 Å². The Balaban J connectivity index is 2.62. The van der Waals surface area contributed by atoms with Crippen molar-refractivity contribution in [2.45, 2.75) is 58.4 Å². The fourth-order valence-corrected chi connectivity index (χ4v) is 2.66. The normalized spacial score (nSPS) is 32.1. The molecule has 1 saturated carbocycles. The molecule has 1 aliphatic carbocycles. The topological polar surface area (TPSA) is 52.3 Å². The smallest absolute Gasteiger partial charge is 0.308 e. The van der Waals surface area contributed by atoms with Crippen molar-refractivity contribution in [1.29, 1.82) is 0 Å². The lowest BCUT2D eigenvalue weighted by Gasteiger charge is -2.41. The summed E-state index contributed by atoms with van der Waals surface area (Å²) >= 11 is 0. The highest BCUT2D eigenvalue weighted by Gasteiger charge is 2.39. The fraction of sp³-hybridized carbons (Fsp3) is 0.923. The number of esters is 1. The van der Waals surface area contributed by atoms with Crippen LogP contribution in [0.3, 0.4) is 0 Å². The van der Waals surface area contributed by atoms with E-state index >= 15 is 0 Å². The molecule has 1 rings (SSSR count). The van der Waals surface area contributed by atoms with E-state index in [1.165, 1.54) is 0 Å². The van der Waals surface area contributed by atoms with E-state index < -0.39 is 0 Å². The summed E-state index contributed by atoms with van der Waals surface area (Å²) in [5.74, 6) is 0.442. The number of nitrogens with two attached hydrogens (primary N) is 1. The second-order valence-electron chi connectivity index (χ2n) is 5.09. The summed E-state index contributed by atoms with van der Waals surface area (Å²) in [6.07, 6.45) is 4.89. The van der Waals surface area contributed by atoms with E-state index in [2.05, 4.69) is 13.8 Å². The van der Waals surface area contributed by atoms with E-state index in [1.54, 1.807) is 0 Å². The van der Waals surface area contributed by atoms with Crippen LogP contribution < -0.4 is 5.73 Å². The van der Waals surface area contributed by atoms with Crippen molar-refractivity contribution >= 4 is 5.97 Å². The van der Waals surface area contributed by atoms with Gasteiger partial charge in [0.15, 0.2) is 0 Å². The van der Waals surface area contributed by atoms with Crippen molar-refractivity contribution in [2.75, 3.05) is 6.61 Å². The SMILES string of the molecule is CCOC(=O)C1CCCC(N)(C(C)CC)C1. The maximum atomic E-state index is 11.7. The zero-order chi connectivity index (χ0) is 12.2. The summed E-state index contributed by atoms with van der Waals surface area (Å²) in [5.41, 5.74) is 6.27. The highest BCUT2D eigenvalue weighted by molar-refractivity contribution is 5.72. The summed E-state index contributed by atoms with van der Waals surface area (Å²) in [5, 5.41) is 0. The predicted molar refractivity (Wildman–Crippen MR) is 65.0 cm³/mol. The van der Waals surface area contributed by atoms with Gasteiger partial charge < -0.3 is 10.5 Å². The first-order chi connectivity index (χ1) is 7.53. The number of carbonyl (C=O) groups is 1. The van der Waals surface area contributed by atoms with Crippen molar-refractivity contribution in [2.24, 2.45) is 17.6 Å². The van der Waals surface area contributed by atoms with Crippen LogP contribution in [0.5, 0.6) is 0 Å². The van der Waals surface area contributed by atoms with Gasteiger partial charge in [-0.3, -0.25) is 4.79 Å². The fourth-order valence-electron chi connectivity index (χ4n) is 2.66. The molecule has 3 unspecified atom stereocenters. The maximum Gasteiger partial charge on any atom is 0.308 e. The van der Waals surface area contributed by atoms with Gasteiger partial charge in [-0.1, -0.05) is 26.7 Å². The zero-order valence-corrected chi connectivity index (χ0v) is 10.8. The second-order valence-corrected chi connectivity index (χ2v) is 5.09. The molecule has 1 fully saturated rings. The molecule has 2 N–H and O–H groups in total. The summed E-state index contributed by atoms with van der Waals surface area (Å²) in [7, 11) is 0. The molecular weight excluding hydrogens is 202 g/mol. The minimum absolute atomic E-state index is 0.0210. The Kier molecular flexibility index (Phi) is 4.78. The Morgan fingerprint density at radius 1 is 1.56 bits per heavy atom. The number of hydrogen-bond acceptors (Lipinski definition) is 3. The zero-order valence-electron chi connectivity index (χ0n) is 10.8. The van der Waals surface area contributed by atoms with Gasteiger partial charge in [-0.2, -0.15) is 0 Å². The third kappa shape index (κ3) is 2.97. The highest BCUT2D eigenvalue weighted by atomic mass is 16.5. The van der Waals surface area contributed by atoms with Gasteiger partial charge in [0.25, 0.3) is 0 Å².